The van der Waals surface area contributed by atoms with Gasteiger partial charge in [-0.05, 0) is 51.2 Å². The van der Waals surface area contributed by atoms with Gasteiger partial charge >= 0.3 is 0 Å². The molecular weight excluding hydrogens is 438 g/mol. The summed E-state index contributed by atoms with van der Waals surface area (Å²) in [6.45, 7) is 15.9. The van der Waals surface area contributed by atoms with Crippen molar-refractivity contribution in [2.45, 2.75) is 189 Å². The van der Waals surface area contributed by atoms with E-state index in [1.165, 1.54) is 167 Å². The summed E-state index contributed by atoms with van der Waals surface area (Å²) in [7, 11) is 0. The first-order valence-corrected chi connectivity index (χ1v) is 16.9. The summed E-state index contributed by atoms with van der Waals surface area (Å²) >= 11 is 0. The van der Waals surface area contributed by atoms with Crippen LogP contribution in [0.3, 0.4) is 0 Å². The predicted molar refractivity (Wildman–Crippen MR) is 166 cm³/mol. The van der Waals surface area contributed by atoms with Crippen LogP contribution in [0.2, 0.25) is 0 Å². The van der Waals surface area contributed by atoms with E-state index < -0.39 is 0 Å². The van der Waals surface area contributed by atoms with E-state index in [1.54, 1.807) is 0 Å². The Morgan fingerprint density at radius 2 is 0.722 bits per heavy atom. The molecule has 0 unspecified atom stereocenters. The molecule has 0 aliphatic heterocycles. The lowest BCUT2D eigenvalue weighted by atomic mass is 10.0. The highest BCUT2D eigenvalue weighted by Crippen LogP contribution is 2.12. The van der Waals surface area contributed by atoms with Gasteiger partial charge in [0.2, 0.25) is 0 Å². The molecule has 0 aromatic rings. The minimum atomic E-state index is 0.365. The summed E-state index contributed by atoms with van der Waals surface area (Å²) in [5.74, 6) is 0.854. The average molecular weight is 512 g/mol. The second-order valence-electron chi connectivity index (χ2n) is 11.8. The van der Waals surface area contributed by atoms with Crippen molar-refractivity contribution in [3.63, 3.8) is 0 Å². The molecule has 0 rings (SSSR count). The third-order valence-electron chi connectivity index (χ3n) is 7.42. The van der Waals surface area contributed by atoms with Gasteiger partial charge in [0.05, 0.1) is 0 Å². The van der Waals surface area contributed by atoms with Gasteiger partial charge in [-0.2, -0.15) is 0 Å². The van der Waals surface area contributed by atoms with Gasteiger partial charge in [0.15, 0.2) is 0 Å². The van der Waals surface area contributed by atoms with Crippen molar-refractivity contribution in [3.8, 4) is 0 Å². The molecule has 0 aliphatic carbocycles. The van der Waals surface area contributed by atoms with Crippen LogP contribution in [0.15, 0.2) is 0 Å². The normalized spacial score (nSPS) is 11.3. The lowest BCUT2D eigenvalue weighted by Crippen LogP contribution is -2.27. The van der Waals surface area contributed by atoms with Crippen LogP contribution in [0.25, 0.3) is 0 Å². The van der Waals surface area contributed by atoms with E-state index in [2.05, 4.69) is 39.5 Å². The Labute approximate surface area is 230 Å². The number of nitrogens with zero attached hydrogens (tertiary/aromatic N) is 1. The molecule has 0 amide bonds. The van der Waals surface area contributed by atoms with Crippen LogP contribution in [0.1, 0.15) is 189 Å². The molecule has 0 bridgehead atoms. The molecule has 220 valence electrons. The molecule has 0 radical (unpaired) electrons. The van der Waals surface area contributed by atoms with E-state index in [0.717, 1.165) is 12.3 Å². The molecule has 0 saturated heterocycles. The molecular formula is C34H73NO. The van der Waals surface area contributed by atoms with E-state index >= 15 is 0 Å². The molecule has 0 atom stereocenters. The fraction of sp³-hybridized carbons (Fsp3) is 1.00. The van der Waals surface area contributed by atoms with Gasteiger partial charge in [0, 0.05) is 6.61 Å². The molecule has 1 N–H and O–H groups in total. The fourth-order valence-electron chi connectivity index (χ4n) is 4.88. The molecule has 0 aromatic carbocycles. The highest BCUT2D eigenvalue weighted by atomic mass is 16.2. The van der Waals surface area contributed by atoms with Gasteiger partial charge < -0.3 is 10.0 Å². The molecule has 36 heavy (non-hydrogen) atoms. The first-order valence-electron chi connectivity index (χ1n) is 16.9. The number of hydrogen-bond acceptors (Lipinski definition) is 2. The van der Waals surface area contributed by atoms with Crippen molar-refractivity contribution in [3.05, 3.63) is 0 Å². The molecule has 0 saturated carbocycles. The standard InChI is InChI=1S/C24H51N.C10H22O/c1-4-7-10-13-16-19-22-25(23-20-17-14-11-8-5-2)24-21-18-15-12-9-6-3;1-10(2)8-6-4-3-5-7-9-11/h4-24H2,1-3H3;10-11H,3-9H2,1-2H3. The minimum Gasteiger partial charge on any atom is -0.396 e. The zero-order chi connectivity index (χ0) is 27.0. The zero-order valence-electron chi connectivity index (χ0n) is 26.3. The van der Waals surface area contributed by atoms with Crippen LogP contribution >= 0.6 is 0 Å². The van der Waals surface area contributed by atoms with Gasteiger partial charge in [0.1, 0.15) is 0 Å². The van der Waals surface area contributed by atoms with Crippen molar-refractivity contribution in [1.82, 2.24) is 4.90 Å². The van der Waals surface area contributed by atoms with Gasteiger partial charge in [-0.15, -0.1) is 0 Å². The Morgan fingerprint density at radius 3 is 1.06 bits per heavy atom. The van der Waals surface area contributed by atoms with Crippen LogP contribution in [-0.4, -0.2) is 36.2 Å². The van der Waals surface area contributed by atoms with Crippen LogP contribution in [0.5, 0.6) is 0 Å². The van der Waals surface area contributed by atoms with Crippen LogP contribution < -0.4 is 0 Å². The topological polar surface area (TPSA) is 23.5 Å². The third kappa shape index (κ3) is 36.1. The summed E-state index contributed by atoms with van der Waals surface area (Å²) < 4.78 is 0. The first-order chi connectivity index (χ1) is 17.6. The Bertz CT molecular complexity index is 319. The van der Waals surface area contributed by atoms with Gasteiger partial charge in [-0.3, -0.25) is 0 Å². The largest absolute Gasteiger partial charge is 0.396 e. The van der Waals surface area contributed by atoms with E-state index in [4.69, 9.17) is 5.11 Å². The molecule has 0 heterocycles. The smallest absolute Gasteiger partial charge is 0.0431 e. The van der Waals surface area contributed by atoms with Crippen molar-refractivity contribution in [2.24, 2.45) is 5.92 Å². The molecule has 0 aromatic heterocycles. The average Bonchev–Trinajstić information content (AvgIpc) is 2.87. The lowest BCUT2D eigenvalue weighted by Gasteiger charge is -2.22. The number of unbranched alkanes of at least 4 members (excludes halogenated alkanes) is 19. The summed E-state index contributed by atoms with van der Waals surface area (Å²) in [6, 6.07) is 0. The third-order valence-corrected chi connectivity index (χ3v) is 7.42. The SMILES string of the molecule is CC(C)CCCCCCCO.CCCCCCCCN(CCCCCCCC)CCCCCCCC. The van der Waals surface area contributed by atoms with Gasteiger partial charge in [-0.1, -0.05) is 163 Å². The second kappa shape index (κ2) is 34.9. The maximum absolute atomic E-state index is 8.51. The molecule has 0 aliphatic rings. The summed E-state index contributed by atoms with van der Waals surface area (Å²) in [5.41, 5.74) is 0. The maximum atomic E-state index is 8.51. The zero-order valence-corrected chi connectivity index (χ0v) is 26.3. The number of aliphatic hydroxyl groups is 1. The number of rotatable bonds is 28. The highest BCUT2D eigenvalue weighted by Gasteiger charge is 2.05. The Balaban J connectivity index is 0. The second-order valence-corrected chi connectivity index (χ2v) is 11.8. The summed E-state index contributed by atoms with van der Waals surface area (Å²) in [6.07, 6.45) is 33.3. The predicted octanol–water partition coefficient (Wildman–Crippen LogP) is 11.3. The van der Waals surface area contributed by atoms with Crippen molar-refractivity contribution in [1.29, 1.82) is 0 Å². The van der Waals surface area contributed by atoms with E-state index in [0.29, 0.717) is 6.61 Å². The summed E-state index contributed by atoms with van der Waals surface area (Å²) in [4.78, 5) is 2.79. The van der Waals surface area contributed by atoms with E-state index in [9.17, 15) is 0 Å². The highest BCUT2D eigenvalue weighted by molar-refractivity contribution is 4.60. The summed E-state index contributed by atoms with van der Waals surface area (Å²) in [5, 5.41) is 8.51. The molecule has 0 spiro atoms. The van der Waals surface area contributed by atoms with Gasteiger partial charge in [0.25, 0.3) is 0 Å². The van der Waals surface area contributed by atoms with Crippen molar-refractivity contribution < 1.29 is 5.11 Å². The maximum Gasteiger partial charge on any atom is 0.0431 e. The van der Waals surface area contributed by atoms with E-state index in [1.807, 2.05) is 0 Å². The quantitative estimate of drug-likeness (QED) is 0.106. The number of hydrogen-bond donors (Lipinski definition) is 1. The molecule has 2 heteroatoms. The van der Waals surface area contributed by atoms with Crippen LogP contribution in [0, 0.1) is 5.92 Å². The Hall–Kier alpha value is -0.0800. The van der Waals surface area contributed by atoms with Crippen molar-refractivity contribution >= 4 is 0 Å². The molecule has 0 fully saturated rings. The van der Waals surface area contributed by atoms with Crippen LogP contribution in [0.4, 0.5) is 0 Å². The molecule has 2 nitrogen and oxygen atoms in total. The number of aliphatic hydroxyl groups excluding tert-OH is 1. The monoisotopic (exact) mass is 512 g/mol. The van der Waals surface area contributed by atoms with Crippen LogP contribution in [-0.2, 0) is 0 Å². The van der Waals surface area contributed by atoms with Gasteiger partial charge in [-0.25, -0.2) is 0 Å². The lowest BCUT2D eigenvalue weighted by molar-refractivity contribution is 0.254. The Kier molecular flexibility index (Phi) is 36.9. The minimum absolute atomic E-state index is 0.365. The fourth-order valence-corrected chi connectivity index (χ4v) is 4.88. The van der Waals surface area contributed by atoms with Crippen molar-refractivity contribution in [2.75, 3.05) is 26.2 Å². The first kappa shape index (κ1) is 38.1. The van der Waals surface area contributed by atoms with E-state index in [-0.39, 0.29) is 0 Å². The Morgan fingerprint density at radius 1 is 0.417 bits per heavy atom.